The lowest BCUT2D eigenvalue weighted by Crippen LogP contribution is -2.12. The predicted octanol–water partition coefficient (Wildman–Crippen LogP) is 2.65. The molecule has 1 atom stereocenters. The fourth-order valence-corrected chi connectivity index (χ4v) is 2.52. The third-order valence-electron chi connectivity index (χ3n) is 2.82. The molecule has 94 valence electrons. The van der Waals surface area contributed by atoms with Gasteiger partial charge in [-0.2, -0.15) is 0 Å². The van der Waals surface area contributed by atoms with Gasteiger partial charge in [-0.05, 0) is 23.6 Å². The van der Waals surface area contributed by atoms with Crippen molar-refractivity contribution in [3.8, 4) is 11.3 Å². The van der Waals surface area contributed by atoms with Gasteiger partial charge in [0.1, 0.15) is 0 Å². The fourth-order valence-electron chi connectivity index (χ4n) is 1.78. The summed E-state index contributed by atoms with van der Waals surface area (Å²) >= 11 is 1.63. The Morgan fingerprint density at radius 3 is 2.53 bits per heavy atom. The zero-order chi connectivity index (χ0) is 13.1. The van der Waals surface area contributed by atoms with E-state index >= 15 is 0 Å². The van der Waals surface area contributed by atoms with Gasteiger partial charge in [-0.15, -0.1) is 11.3 Å². The fraction of sp³-hybridized carbons (Fsp3) is 0.0714. The normalized spacial score (nSPS) is 12.3. The molecule has 0 radical (unpaired) electrons. The maximum Gasteiger partial charge on any atom is 0.0886 e. The highest BCUT2D eigenvalue weighted by Gasteiger charge is 2.12. The lowest BCUT2D eigenvalue weighted by molar-refractivity contribution is 0.835. The third-order valence-corrected chi connectivity index (χ3v) is 3.77. The number of nitrogens with two attached hydrogens (primary N) is 1. The van der Waals surface area contributed by atoms with Crippen molar-refractivity contribution in [1.29, 1.82) is 0 Å². The molecular weight excluding hydrogens is 256 g/mol. The minimum Gasteiger partial charge on any atom is -0.318 e. The van der Waals surface area contributed by atoms with Gasteiger partial charge in [0.2, 0.25) is 0 Å². The van der Waals surface area contributed by atoms with Gasteiger partial charge in [0.25, 0.3) is 0 Å². The van der Waals surface area contributed by atoms with E-state index in [0.717, 1.165) is 21.8 Å². The Morgan fingerprint density at radius 2 is 1.89 bits per heavy atom. The van der Waals surface area contributed by atoms with Gasteiger partial charge >= 0.3 is 0 Å². The Hall–Kier alpha value is -2.11. The maximum absolute atomic E-state index is 6.15. The highest BCUT2D eigenvalue weighted by Crippen LogP contribution is 2.23. The van der Waals surface area contributed by atoms with Crippen molar-refractivity contribution in [2.24, 2.45) is 5.73 Å². The van der Waals surface area contributed by atoms with Crippen LogP contribution in [-0.2, 0) is 0 Å². The standard InChI is InChI=1S/C14H12N4S/c15-14(13-2-1-7-19-13)12-9-17-11(8-18-12)10-3-5-16-6-4-10/h1-9,14H,15H2. The Kier molecular flexibility index (Phi) is 3.31. The molecule has 3 aromatic heterocycles. The molecule has 0 saturated heterocycles. The zero-order valence-electron chi connectivity index (χ0n) is 10.1. The van der Waals surface area contributed by atoms with E-state index in [1.54, 1.807) is 36.1 Å². The second-order valence-corrected chi connectivity index (χ2v) is 5.03. The molecule has 0 bridgehead atoms. The van der Waals surface area contributed by atoms with Crippen molar-refractivity contribution >= 4 is 11.3 Å². The molecule has 2 N–H and O–H groups in total. The maximum atomic E-state index is 6.15. The summed E-state index contributed by atoms with van der Waals surface area (Å²) in [6, 6.07) is 7.59. The van der Waals surface area contributed by atoms with Crippen molar-refractivity contribution < 1.29 is 0 Å². The van der Waals surface area contributed by atoms with Crippen molar-refractivity contribution in [2.45, 2.75) is 6.04 Å². The van der Waals surface area contributed by atoms with Crippen LogP contribution in [0.2, 0.25) is 0 Å². The Labute approximate surface area is 115 Å². The zero-order valence-corrected chi connectivity index (χ0v) is 10.9. The van der Waals surface area contributed by atoms with Crippen LogP contribution < -0.4 is 5.73 Å². The van der Waals surface area contributed by atoms with E-state index in [4.69, 9.17) is 5.73 Å². The molecule has 0 aliphatic rings. The van der Waals surface area contributed by atoms with Gasteiger partial charge in [0.05, 0.1) is 29.8 Å². The Morgan fingerprint density at radius 1 is 1.05 bits per heavy atom. The van der Waals surface area contributed by atoms with Crippen LogP contribution >= 0.6 is 11.3 Å². The summed E-state index contributed by atoms with van der Waals surface area (Å²) in [5.74, 6) is 0. The molecule has 0 fully saturated rings. The number of rotatable bonds is 3. The van der Waals surface area contributed by atoms with Crippen LogP contribution in [-0.4, -0.2) is 15.0 Å². The van der Waals surface area contributed by atoms with Gasteiger partial charge < -0.3 is 5.73 Å². The van der Waals surface area contributed by atoms with E-state index in [1.807, 2.05) is 29.6 Å². The predicted molar refractivity (Wildman–Crippen MR) is 75.6 cm³/mol. The molecule has 19 heavy (non-hydrogen) atoms. The van der Waals surface area contributed by atoms with Gasteiger partial charge in [-0.3, -0.25) is 15.0 Å². The molecule has 3 heterocycles. The third kappa shape index (κ3) is 2.52. The Bertz CT molecular complexity index is 635. The van der Waals surface area contributed by atoms with Gasteiger partial charge in [0, 0.05) is 22.8 Å². The van der Waals surface area contributed by atoms with Crippen LogP contribution in [0.5, 0.6) is 0 Å². The van der Waals surface area contributed by atoms with E-state index < -0.39 is 0 Å². The molecule has 0 amide bonds. The largest absolute Gasteiger partial charge is 0.318 e. The van der Waals surface area contributed by atoms with Crippen LogP contribution in [0.1, 0.15) is 16.6 Å². The van der Waals surface area contributed by atoms with E-state index in [1.165, 1.54) is 0 Å². The highest BCUT2D eigenvalue weighted by molar-refractivity contribution is 7.10. The number of hydrogen-bond donors (Lipinski definition) is 1. The second-order valence-electron chi connectivity index (χ2n) is 4.06. The highest BCUT2D eigenvalue weighted by atomic mass is 32.1. The monoisotopic (exact) mass is 268 g/mol. The van der Waals surface area contributed by atoms with E-state index in [9.17, 15) is 0 Å². The first-order valence-electron chi connectivity index (χ1n) is 5.86. The summed E-state index contributed by atoms with van der Waals surface area (Å²) in [5, 5.41) is 2.01. The lowest BCUT2D eigenvalue weighted by atomic mass is 10.1. The van der Waals surface area contributed by atoms with Crippen molar-refractivity contribution in [2.75, 3.05) is 0 Å². The molecule has 3 aromatic rings. The second kappa shape index (κ2) is 5.26. The van der Waals surface area contributed by atoms with Crippen LogP contribution in [0.4, 0.5) is 0 Å². The minimum atomic E-state index is -0.209. The number of aromatic nitrogens is 3. The topological polar surface area (TPSA) is 64.7 Å². The molecule has 5 heteroatoms. The molecule has 0 spiro atoms. The van der Waals surface area contributed by atoms with Crippen molar-refractivity contribution in [3.63, 3.8) is 0 Å². The first-order valence-corrected chi connectivity index (χ1v) is 6.74. The number of pyridine rings is 1. The van der Waals surface area contributed by atoms with Crippen molar-refractivity contribution in [1.82, 2.24) is 15.0 Å². The van der Waals surface area contributed by atoms with Crippen LogP contribution in [0.3, 0.4) is 0 Å². The van der Waals surface area contributed by atoms with E-state index in [2.05, 4.69) is 15.0 Å². The van der Waals surface area contributed by atoms with Crippen LogP contribution in [0.25, 0.3) is 11.3 Å². The summed E-state index contributed by atoms with van der Waals surface area (Å²) in [6.45, 7) is 0. The molecule has 0 aromatic carbocycles. The van der Waals surface area contributed by atoms with Gasteiger partial charge in [0.15, 0.2) is 0 Å². The summed E-state index contributed by atoms with van der Waals surface area (Å²) in [6.07, 6.45) is 6.96. The van der Waals surface area contributed by atoms with Gasteiger partial charge in [-0.25, -0.2) is 0 Å². The molecule has 0 aliphatic carbocycles. The van der Waals surface area contributed by atoms with Gasteiger partial charge in [-0.1, -0.05) is 6.07 Å². The molecule has 0 aliphatic heterocycles. The summed E-state index contributed by atoms with van der Waals surface area (Å²) in [7, 11) is 0. The summed E-state index contributed by atoms with van der Waals surface area (Å²) in [5.41, 5.74) is 8.75. The first kappa shape index (κ1) is 12.0. The molecule has 1 unspecified atom stereocenters. The average molecular weight is 268 g/mol. The van der Waals surface area contributed by atoms with Crippen LogP contribution in [0.15, 0.2) is 54.4 Å². The number of thiophene rings is 1. The average Bonchev–Trinajstić information content (AvgIpc) is 3.02. The molecule has 4 nitrogen and oxygen atoms in total. The molecule has 0 saturated carbocycles. The smallest absolute Gasteiger partial charge is 0.0886 e. The minimum absolute atomic E-state index is 0.209. The van der Waals surface area contributed by atoms with Crippen LogP contribution in [0, 0.1) is 0 Å². The molecule has 3 rings (SSSR count). The number of nitrogens with zero attached hydrogens (tertiary/aromatic N) is 3. The molecular formula is C14H12N4S. The van der Waals surface area contributed by atoms with Crippen molar-refractivity contribution in [3.05, 3.63) is 65.0 Å². The number of hydrogen-bond acceptors (Lipinski definition) is 5. The van der Waals surface area contributed by atoms with E-state index in [0.29, 0.717) is 0 Å². The quantitative estimate of drug-likeness (QED) is 0.793. The Balaban J connectivity index is 1.87. The SMILES string of the molecule is NC(c1cnc(-c2ccncc2)cn1)c1cccs1. The summed E-state index contributed by atoms with van der Waals surface area (Å²) in [4.78, 5) is 13.9. The van der Waals surface area contributed by atoms with E-state index in [-0.39, 0.29) is 6.04 Å². The summed E-state index contributed by atoms with van der Waals surface area (Å²) < 4.78 is 0. The first-order chi connectivity index (χ1) is 9.34. The lowest BCUT2D eigenvalue weighted by Gasteiger charge is -2.09.